The molecule has 0 N–H and O–H groups in total. The molecule has 1 aromatic rings. The second-order valence-electron chi connectivity index (χ2n) is 3.31. The smallest absolute Gasteiger partial charge is 0.387 e. The van der Waals surface area contributed by atoms with E-state index in [0.717, 1.165) is 0 Å². The molecule has 0 saturated carbocycles. The van der Waals surface area contributed by atoms with Crippen molar-refractivity contribution in [2.45, 2.75) is 26.4 Å². The van der Waals surface area contributed by atoms with Gasteiger partial charge in [-0.2, -0.15) is 8.78 Å². The van der Waals surface area contributed by atoms with Crippen molar-refractivity contribution in [3.63, 3.8) is 0 Å². The summed E-state index contributed by atoms with van der Waals surface area (Å²) in [5.74, 6) is -1.53. The Morgan fingerprint density at radius 2 is 1.87 bits per heavy atom. The third kappa shape index (κ3) is 2.78. The molecule has 0 amide bonds. The fourth-order valence-electron chi connectivity index (χ4n) is 1.19. The van der Waals surface area contributed by atoms with Crippen LogP contribution in [0.3, 0.4) is 0 Å². The Kier molecular flexibility index (Phi) is 3.85. The van der Waals surface area contributed by atoms with Gasteiger partial charge in [-0.1, -0.05) is 31.5 Å². The first-order chi connectivity index (χ1) is 6.93. The van der Waals surface area contributed by atoms with Gasteiger partial charge in [0.1, 0.15) is 0 Å². The van der Waals surface area contributed by atoms with Crippen LogP contribution < -0.4 is 4.74 Å². The molecule has 0 aliphatic rings. The van der Waals surface area contributed by atoms with Crippen molar-refractivity contribution < 1.29 is 17.9 Å². The second kappa shape index (κ2) is 4.75. The summed E-state index contributed by atoms with van der Waals surface area (Å²) >= 11 is 5.55. The highest BCUT2D eigenvalue weighted by Gasteiger charge is 2.18. The minimum absolute atomic E-state index is 0.123. The molecule has 1 rings (SSSR count). The van der Waals surface area contributed by atoms with Gasteiger partial charge in [-0.15, -0.1) is 0 Å². The van der Waals surface area contributed by atoms with Crippen LogP contribution in [-0.4, -0.2) is 6.61 Å². The molecular formula is C10H10ClF3O. The molecule has 1 nitrogen and oxygen atoms in total. The lowest BCUT2D eigenvalue weighted by atomic mass is 10.0. The number of hydrogen-bond donors (Lipinski definition) is 0. The number of hydrogen-bond acceptors (Lipinski definition) is 1. The van der Waals surface area contributed by atoms with Gasteiger partial charge in [0.2, 0.25) is 0 Å². The number of ether oxygens (including phenoxy) is 1. The topological polar surface area (TPSA) is 9.23 Å². The minimum Gasteiger partial charge on any atom is -0.430 e. The van der Waals surface area contributed by atoms with Gasteiger partial charge in [0.15, 0.2) is 11.6 Å². The summed E-state index contributed by atoms with van der Waals surface area (Å²) < 4.78 is 41.6. The van der Waals surface area contributed by atoms with Crippen molar-refractivity contribution in [1.82, 2.24) is 0 Å². The zero-order valence-corrected chi connectivity index (χ0v) is 8.99. The molecule has 0 unspecified atom stereocenters. The highest BCUT2D eigenvalue weighted by atomic mass is 35.5. The lowest BCUT2D eigenvalue weighted by Crippen LogP contribution is -2.06. The van der Waals surface area contributed by atoms with E-state index in [1.165, 1.54) is 12.1 Å². The Labute approximate surface area is 90.8 Å². The van der Waals surface area contributed by atoms with Crippen LogP contribution in [0.25, 0.3) is 0 Å². The highest BCUT2D eigenvalue weighted by molar-refractivity contribution is 6.32. The fraction of sp³-hybridized carbons (Fsp3) is 0.400. The Hall–Kier alpha value is -0.900. The molecule has 0 aromatic heterocycles. The predicted molar refractivity (Wildman–Crippen MR) is 52.1 cm³/mol. The Morgan fingerprint density at radius 1 is 1.27 bits per heavy atom. The molecule has 0 fully saturated rings. The van der Waals surface area contributed by atoms with Crippen LogP contribution in [0.4, 0.5) is 13.2 Å². The molecule has 0 aliphatic heterocycles. The van der Waals surface area contributed by atoms with Crippen LogP contribution in [0.15, 0.2) is 12.1 Å². The fourth-order valence-corrected chi connectivity index (χ4v) is 1.38. The van der Waals surface area contributed by atoms with E-state index in [2.05, 4.69) is 4.74 Å². The van der Waals surface area contributed by atoms with E-state index < -0.39 is 18.2 Å². The molecule has 0 saturated heterocycles. The molecule has 0 atom stereocenters. The summed E-state index contributed by atoms with van der Waals surface area (Å²) in [6.07, 6.45) is 0. The van der Waals surface area contributed by atoms with Gasteiger partial charge in [0.05, 0.1) is 5.02 Å². The molecule has 0 aliphatic carbocycles. The molecule has 0 radical (unpaired) electrons. The van der Waals surface area contributed by atoms with Gasteiger partial charge in [-0.3, -0.25) is 0 Å². The molecule has 1 aromatic carbocycles. The first-order valence-electron chi connectivity index (χ1n) is 4.36. The van der Waals surface area contributed by atoms with Gasteiger partial charge in [-0.05, 0) is 17.5 Å². The summed E-state index contributed by atoms with van der Waals surface area (Å²) in [6.45, 7) is 0.413. The maximum absolute atomic E-state index is 13.6. The Morgan fingerprint density at radius 3 is 2.33 bits per heavy atom. The maximum atomic E-state index is 13.6. The number of rotatable bonds is 3. The number of halogens is 4. The van der Waals surface area contributed by atoms with Gasteiger partial charge < -0.3 is 4.74 Å². The molecule has 5 heteroatoms. The summed E-state index contributed by atoms with van der Waals surface area (Å²) in [4.78, 5) is 0. The molecule has 0 heterocycles. The van der Waals surface area contributed by atoms with Crippen molar-refractivity contribution in [2.24, 2.45) is 0 Å². The monoisotopic (exact) mass is 238 g/mol. The zero-order valence-electron chi connectivity index (χ0n) is 8.23. The normalized spacial score (nSPS) is 11.2. The SMILES string of the molecule is CC(C)c1ccc(Cl)c(OC(F)F)c1F. The quantitative estimate of drug-likeness (QED) is 0.767. The van der Waals surface area contributed by atoms with Crippen LogP contribution in [0, 0.1) is 5.82 Å². The predicted octanol–water partition coefficient (Wildman–Crippen LogP) is 4.20. The van der Waals surface area contributed by atoms with Crippen LogP contribution in [-0.2, 0) is 0 Å². The van der Waals surface area contributed by atoms with Gasteiger partial charge >= 0.3 is 6.61 Å². The van der Waals surface area contributed by atoms with E-state index >= 15 is 0 Å². The van der Waals surface area contributed by atoms with E-state index in [9.17, 15) is 13.2 Å². The van der Waals surface area contributed by atoms with E-state index in [0.29, 0.717) is 5.56 Å². The molecular weight excluding hydrogens is 229 g/mol. The molecule has 84 valence electrons. The third-order valence-electron chi connectivity index (χ3n) is 1.91. The van der Waals surface area contributed by atoms with E-state index in [-0.39, 0.29) is 10.9 Å². The Balaban J connectivity index is 3.18. The van der Waals surface area contributed by atoms with Gasteiger partial charge in [0.25, 0.3) is 0 Å². The zero-order chi connectivity index (χ0) is 11.6. The summed E-state index contributed by atoms with van der Waals surface area (Å²) in [5, 5.41) is -0.155. The third-order valence-corrected chi connectivity index (χ3v) is 2.21. The first-order valence-corrected chi connectivity index (χ1v) is 4.74. The average Bonchev–Trinajstić information content (AvgIpc) is 2.11. The summed E-state index contributed by atoms with van der Waals surface area (Å²) in [7, 11) is 0. The van der Waals surface area contributed by atoms with Gasteiger partial charge in [-0.25, -0.2) is 4.39 Å². The van der Waals surface area contributed by atoms with Crippen LogP contribution >= 0.6 is 11.6 Å². The van der Waals surface area contributed by atoms with Gasteiger partial charge in [0, 0.05) is 0 Å². The summed E-state index contributed by atoms with van der Waals surface area (Å²) in [6, 6.07) is 2.80. The second-order valence-corrected chi connectivity index (χ2v) is 3.72. The van der Waals surface area contributed by atoms with Crippen LogP contribution in [0.1, 0.15) is 25.3 Å². The van der Waals surface area contributed by atoms with E-state index in [4.69, 9.17) is 11.6 Å². The maximum Gasteiger partial charge on any atom is 0.387 e. The molecule has 0 spiro atoms. The average molecular weight is 239 g/mol. The van der Waals surface area contributed by atoms with Crippen LogP contribution in [0.5, 0.6) is 5.75 Å². The number of alkyl halides is 2. The Bertz CT molecular complexity index is 353. The van der Waals surface area contributed by atoms with E-state index in [1.807, 2.05) is 0 Å². The molecule has 15 heavy (non-hydrogen) atoms. The summed E-state index contributed by atoms with van der Waals surface area (Å²) in [5.41, 5.74) is 0.301. The van der Waals surface area contributed by atoms with Crippen molar-refractivity contribution >= 4 is 11.6 Å². The minimum atomic E-state index is -3.08. The largest absolute Gasteiger partial charge is 0.430 e. The standard InChI is InChI=1S/C10H10ClF3O/c1-5(2)6-3-4-7(11)9(8(6)12)15-10(13)14/h3-5,10H,1-2H3. The lowest BCUT2D eigenvalue weighted by molar-refractivity contribution is -0.0522. The van der Waals surface area contributed by atoms with Crippen LogP contribution in [0.2, 0.25) is 5.02 Å². The van der Waals surface area contributed by atoms with E-state index in [1.54, 1.807) is 13.8 Å². The number of benzene rings is 1. The van der Waals surface area contributed by atoms with Crippen molar-refractivity contribution in [2.75, 3.05) is 0 Å². The van der Waals surface area contributed by atoms with Crippen molar-refractivity contribution in [1.29, 1.82) is 0 Å². The van der Waals surface area contributed by atoms with Crippen molar-refractivity contribution in [3.05, 3.63) is 28.5 Å². The molecule has 0 bridgehead atoms. The highest BCUT2D eigenvalue weighted by Crippen LogP contribution is 2.33. The lowest BCUT2D eigenvalue weighted by Gasteiger charge is -2.12. The first kappa shape index (κ1) is 12.2. The van der Waals surface area contributed by atoms with Crippen molar-refractivity contribution in [3.8, 4) is 5.75 Å².